The molecule has 12 aromatic heterocycles. The normalized spacial score (nSPS) is 12.4. The number of carbonyl (C=O) groups is 2. The monoisotopic (exact) mass is 1930 g/mol. The number of rotatable bonds is 17. The Kier molecular flexibility index (Phi) is 27.9. The third kappa shape index (κ3) is 21.2. The van der Waals surface area contributed by atoms with E-state index in [4.69, 9.17) is 80.6 Å². The first-order valence-corrected chi connectivity index (χ1v) is 40.7. The summed E-state index contributed by atoms with van der Waals surface area (Å²) in [6, 6.07) is 49.6. The molecule has 0 saturated carbocycles. The molecule has 0 aliphatic carbocycles. The van der Waals surface area contributed by atoms with Crippen molar-refractivity contribution in [3.63, 3.8) is 0 Å². The van der Waals surface area contributed by atoms with Crippen molar-refractivity contribution >= 4 is 182 Å². The van der Waals surface area contributed by atoms with E-state index in [1.54, 1.807) is 129 Å². The van der Waals surface area contributed by atoms with Gasteiger partial charge in [0.1, 0.15) is 80.6 Å². The smallest absolute Gasteiger partial charge is 0.464 e. The highest BCUT2D eigenvalue weighted by atomic mass is 79.9. The lowest BCUT2D eigenvalue weighted by Gasteiger charge is -2.32. The minimum absolute atomic E-state index is 0.0544. The Hall–Kier alpha value is -11.2. The van der Waals surface area contributed by atoms with Crippen LogP contribution in [0.2, 0.25) is 5.15 Å². The van der Waals surface area contributed by atoms with E-state index in [2.05, 4.69) is 110 Å². The van der Waals surface area contributed by atoms with Gasteiger partial charge < -0.3 is 74.1 Å². The average molecular weight is 1930 g/mol. The number of aromatic nitrogens is 6. The molecule has 18 rings (SSSR count). The van der Waals surface area contributed by atoms with Crippen molar-refractivity contribution < 1.29 is 83.7 Å². The number of benzene rings is 5. The molecule has 1 saturated heterocycles. The lowest BCUT2D eigenvalue weighted by atomic mass is 9.76. The number of esters is 2. The molecule has 1 N–H and O–H groups in total. The lowest BCUT2D eigenvalue weighted by molar-refractivity contribution is -0.143. The molecule has 0 spiro atoms. The molecule has 0 bridgehead atoms. The van der Waals surface area contributed by atoms with Crippen LogP contribution in [0.1, 0.15) is 69.4 Å². The molecule has 0 atom stereocenters. The number of alkyl halides is 1. The first-order valence-electron chi connectivity index (χ1n) is 36.0. The van der Waals surface area contributed by atoms with Gasteiger partial charge in [0.2, 0.25) is 29.4 Å². The zero-order valence-electron chi connectivity index (χ0n) is 63.8. The summed E-state index contributed by atoms with van der Waals surface area (Å²) in [5.74, 6) is 5.08. The zero-order valence-corrected chi connectivity index (χ0v) is 72.4. The fraction of sp³-hybridized carbons (Fsp3) is 0.149. The van der Waals surface area contributed by atoms with Gasteiger partial charge in [-0.25, -0.2) is 29.9 Å². The van der Waals surface area contributed by atoms with E-state index in [9.17, 15) is 14.7 Å². The second kappa shape index (κ2) is 38.9. The van der Waals surface area contributed by atoms with Crippen LogP contribution in [-0.4, -0.2) is 65.3 Å². The largest absolute Gasteiger partial charge is 0.495 e. The molecule has 0 radical (unpaired) electrons. The maximum Gasteiger partial charge on any atom is 0.495 e. The molecule has 118 heavy (non-hydrogen) atoms. The Morgan fingerprint density at radius 3 is 1.04 bits per heavy atom. The summed E-state index contributed by atoms with van der Waals surface area (Å²) in [7, 11) is -0.579. The van der Waals surface area contributed by atoms with Crippen molar-refractivity contribution in [1.29, 1.82) is 0 Å². The van der Waals surface area contributed by atoms with Crippen molar-refractivity contribution in [1.82, 2.24) is 29.9 Å². The van der Waals surface area contributed by atoms with E-state index < -0.39 is 18.3 Å². The van der Waals surface area contributed by atoms with Crippen molar-refractivity contribution in [2.75, 3.05) is 0 Å². The Balaban J connectivity index is 0.000000125. The van der Waals surface area contributed by atoms with E-state index >= 15 is 0 Å². The molecule has 600 valence electrons. The number of aliphatic hydroxyl groups excluding tert-OH is 1. The minimum atomic E-state index is -0.579. The van der Waals surface area contributed by atoms with E-state index in [1.165, 1.54) is 13.8 Å². The Morgan fingerprint density at radius 1 is 0.390 bits per heavy atom. The summed E-state index contributed by atoms with van der Waals surface area (Å²) in [4.78, 5) is 47.4. The second-order valence-electron chi connectivity index (χ2n) is 26.7. The SMILES string of the molecule is BrCc1cc(Oc2nccc3occc23)ccc1Br.CC(=O)OCc1cc(Oc2nccc3occc23)ccc1B1OC(C)(C)C(C)(C)O1.CC(=O)OCc1cc(Oc2nccc3occc23)ccc1Br.Cc1cc(Oc2nccc3occc23)ccc1Br.Clc1nccc2occc12.OCc1cc(Oc2nccc3occc23)ccc1Br. The first-order chi connectivity index (χ1) is 57.0. The number of pyridine rings is 6. The number of ether oxygens (including phenoxy) is 7. The highest BCUT2D eigenvalue weighted by Crippen LogP contribution is 2.40. The molecule has 24 nitrogen and oxygen atoms in total. The Bertz CT molecular complexity index is 6230. The highest BCUT2D eigenvalue weighted by molar-refractivity contribution is 9.11. The number of furan rings is 6. The molecule has 1 aliphatic heterocycles. The second-order valence-corrected chi connectivity index (χ2v) is 31.0. The summed E-state index contributed by atoms with van der Waals surface area (Å²) < 4.78 is 87.3. The van der Waals surface area contributed by atoms with Crippen LogP contribution in [0.5, 0.6) is 58.1 Å². The molecular weight excluding hydrogens is 1860 g/mol. The highest BCUT2D eigenvalue weighted by Gasteiger charge is 2.52. The zero-order chi connectivity index (χ0) is 83.0. The van der Waals surface area contributed by atoms with Gasteiger partial charge in [-0.1, -0.05) is 97.3 Å². The van der Waals surface area contributed by atoms with Crippen LogP contribution in [0.3, 0.4) is 0 Å². The van der Waals surface area contributed by atoms with Gasteiger partial charge in [0.25, 0.3) is 0 Å². The summed E-state index contributed by atoms with van der Waals surface area (Å²) in [6.07, 6.45) is 19.5. The minimum Gasteiger partial charge on any atom is -0.464 e. The molecule has 1 aliphatic rings. The number of fused-ring (bicyclic) bond motifs is 6. The molecule has 31 heteroatoms. The van der Waals surface area contributed by atoms with Crippen molar-refractivity contribution in [3.05, 3.63) is 289 Å². The summed E-state index contributed by atoms with van der Waals surface area (Å²) in [6.45, 7) is 12.9. The first kappa shape index (κ1) is 84.7. The third-order valence-electron chi connectivity index (χ3n) is 18.1. The Morgan fingerprint density at radius 2 is 0.686 bits per heavy atom. The summed E-state index contributed by atoms with van der Waals surface area (Å²) >= 11 is 22.9. The van der Waals surface area contributed by atoms with Crippen molar-refractivity contribution in [2.24, 2.45) is 0 Å². The van der Waals surface area contributed by atoms with Crippen LogP contribution < -0.4 is 29.1 Å². The molecule has 0 amide bonds. The molecule has 17 aromatic rings. The maximum atomic E-state index is 11.4. The van der Waals surface area contributed by atoms with Gasteiger partial charge in [-0.05, 0) is 220 Å². The topological polar surface area (TPSA) is 294 Å². The summed E-state index contributed by atoms with van der Waals surface area (Å²) in [5.41, 5.74) is 8.82. The molecule has 5 aromatic carbocycles. The number of hydrogen-bond acceptors (Lipinski definition) is 24. The quantitative estimate of drug-likeness (QED) is 0.0383. The van der Waals surface area contributed by atoms with Crippen LogP contribution in [0, 0.1) is 6.92 Å². The van der Waals surface area contributed by atoms with Crippen molar-refractivity contribution in [2.45, 2.75) is 84.8 Å². The van der Waals surface area contributed by atoms with Gasteiger partial charge >= 0.3 is 19.1 Å². The predicted molar refractivity (Wildman–Crippen MR) is 462 cm³/mol. The fourth-order valence-electron chi connectivity index (χ4n) is 11.4. The van der Waals surface area contributed by atoms with Gasteiger partial charge in [-0.3, -0.25) is 9.59 Å². The standard InChI is InChI=1S/C22H24BNO6.C16H12BrNO4.C14H9Br2NO2.C14H10BrNO3.C14H10BrNO2.C7H4ClNO/c1-14(25)27-13-15-12-16(28-20-17-9-11-26-19(17)8-10-24-20)6-7-18(15)23-29-21(2,3)22(4,5)30-23;1-10(19)21-9-11-8-12(2-3-14(11)17)22-16-13-5-7-20-15(13)4-6-18-16;15-8-9-7-10(1-2-12(9)16)19-14-11-4-6-18-13(11)3-5-17-14;15-12-2-1-10(7-9(12)8-17)19-14-11-4-6-18-13(11)3-5-16-14;1-9-8-10(2-3-12(9)15)18-14-11-5-7-17-13(11)4-6-16-14;8-7-5-2-4-10-6(5)1-3-9-7/h6-12H,13H2,1-5H3;2-8H,9H2,1H3;1-7H,8H2;1-7,17H,8H2;2-8H,1H3;1-4H. The fourth-order valence-corrected chi connectivity index (χ4v) is 13.8. The van der Waals surface area contributed by atoms with Crippen LogP contribution >= 0.6 is 91.3 Å². The van der Waals surface area contributed by atoms with E-state index in [1.807, 2.05) is 144 Å². The number of halogens is 6. The van der Waals surface area contributed by atoms with Gasteiger partial charge in [-0.2, -0.15) is 0 Å². The predicted octanol–water partition coefficient (Wildman–Crippen LogP) is 24.8. The number of aryl methyl sites for hydroxylation is 1. The van der Waals surface area contributed by atoms with Crippen LogP contribution in [-0.2, 0) is 53.5 Å². The van der Waals surface area contributed by atoms with Gasteiger partial charge in [0.05, 0.1) is 87.7 Å². The van der Waals surface area contributed by atoms with Gasteiger partial charge in [0, 0.05) is 79.8 Å². The third-order valence-corrected chi connectivity index (χ3v) is 22.2. The molecule has 13 heterocycles. The van der Waals surface area contributed by atoms with E-state index in [-0.39, 0.29) is 31.8 Å². The van der Waals surface area contributed by atoms with Gasteiger partial charge in [-0.15, -0.1) is 0 Å². The van der Waals surface area contributed by atoms with E-state index in [0.29, 0.717) is 63.0 Å². The van der Waals surface area contributed by atoms with Crippen LogP contribution in [0.25, 0.3) is 65.8 Å². The number of hydrogen-bond donors (Lipinski definition) is 1. The summed E-state index contributed by atoms with van der Waals surface area (Å²) in [5, 5.41) is 15.5. The van der Waals surface area contributed by atoms with Gasteiger partial charge in [0.15, 0.2) is 0 Å². The van der Waals surface area contributed by atoms with Crippen LogP contribution in [0.4, 0.5) is 0 Å². The number of carbonyl (C=O) groups excluding carboxylic acids is 2. The van der Waals surface area contributed by atoms with Crippen LogP contribution in [0.15, 0.2) is 283 Å². The maximum absolute atomic E-state index is 11.4. The molecular formula is C87H69BBr5ClN6O18. The number of aliphatic hydroxyl groups is 1. The molecule has 1 fully saturated rings. The average Bonchev–Trinajstić information content (AvgIpc) is 1.60. The lowest BCUT2D eigenvalue weighted by Crippen LogP contribution is -2.41. The van der Waals surface area contributed by atoms with E-state index in [0.717, 1.165) is 123 Å². The molecule has 0 unspecified atom stereocenters. The number of nitrogens with zero attached hydrogens (tertiary/aromatic N) is 6. The Labute approximate surface area is 721 Å². The van der Waals surface area contributed by atoms with Crippen molar-refractivity contribution in [3.8, 4) is 58.1 Å².